The lowest BCUT2D eigenvalue weighted by molar-refractivity contribution is 0.139. The molecule has 5 nitrogen and oxygen atoms in total. The topological polar surface area (TPSA) is 78.8 Å². The zero-order chi connectivity index (χ0) is 20.0. The molecule has 2 aromatic carbocycles. The van der Waals surface area contributed by atoms with E-state index < -0.39 is 12.2 Å². The number of hydrogen-bond acceptors (Lipinski definition) is 4. The molecule has 3 N–H and O–H groups in total. The molecule has 0 saturated carbocycles. The van der Waals surface area contributed by atoms with Crippen LogP contribution < -0.4 is 5.32 Å². The van der Waals surface area contributed by atoms with Crippen LogP contribution in [0.25, 0.3) is 0 Å². The van der Waals surface area contributed by atoms with E-state index >= 15 is 0 Å². The van der Waals surface area contributed by atoms with Gasteiger partial charge in [-0.15, -0.1) is 0 Å². The Morgan fingerprint density at radius 1 is 1.19 bits per heavy atom. The summed E-state index contributed by atoms with van der Waals surface area (Å²) >= 11 is 0. The number of aromatic hydroxyl groups is 1. The van der Waals surface area contributed by atoms with Crippen LogP contribution in [0.15, 0.2) is 42.5 Å². The summed E-state index contributed by atoms with van der Waals surface area (Å²) in [6, 6.07) is 13.1. The second kappa shape index (κ2) is 8.91. The molecular weight excluding hydrogens is 342 g/mol. The number of carbonyl (C=O) groups is 1. The van der Waals surface area contributed by atoms with Crippen LogP contribution >= 0.6 is 0 Å². The first-order valence-corrected chi connectivity index (χ1v) is 9.21. The minimum absolute atomic E-state index is 0.0145. The molecule has 146 valence electrons. The highest BCUT2D eigenvalue weighted by Gasteiger charge is 2.21. The maximum Gasteiger partial charge on any atom is 0.407 e. The molecule has 1 amide bonds. The zero-order valence-electron chi connectivity index (χ0n) is 16.5. The molecule has 0 aliphatic rings. The molecule has 0 heterocycles. The number of phenols is 1. The lowest BCUT2D eigenvalue weighted by Crippen LogP contribution is -2.24. The van der Waals surface area contributed by atoms with Gasteiger partial charge in [0.1, 0.15) is 12.4 Å². The number of nitrogens with one attached hydrogen (secondary N) is 1. The molecule has 27 heavy (non-hydrogen) atoms. The van der Waals surface area contributed by atoms with Crippen LogP contribution in [0.5, 0.6) is 5.75 Å². The monoisotopic (exact) mass is 371 g/mol. The number of aliphatic hydroxyl groups is 1. The fourth-order valence-corrected chi connectivity index (χ4v) is 2.70. The predicted molar refractivity (Wildman–Crippen MR) is 106 cm³/mol. The third-order valence-electron chi connectivity index (χ3n) is 4.47. The third-order valence-corrected chi connectivity index (χ3v) is 4.47. The Kier molecular flexibility index (Phi) is 6.86. The number of phenolic OH excluding ortho intramolecular Hbond substituents is 1. The Morgan fingerprint density at radius 2 is 1.85 bits per heavy atom. The fraction of sp³-hybridized carbons (Fsp3) is 0.409. The molecule has 0 aliphatic heterocycles. The number of aliphatic hydroxyl groups excluding tert-OH is 1. The lowest BCUT2D eigenvalue weighted by atomic mass is 9.83. The quantitative estimate of drug-likeness (QED) is 0.695. The van der Waals surface area contributed by atoms with Gasteiger partial charge in [-0.1, -0.05) is 58.0 Å². The molecule has 2 rings (SSSR count). The molecule has 5 heteroatoms. The van der Waals surface area contributed by atoms with Crippen molar-refractivity contribution in [2.24, 2.45) is 0 Å². The summed E-state index contributed by atoms with van der Waals surface area (Å²) in [6.45, 7) is 8.34. The van der Waals surface area contributed by atoms with E-state index in [1.54, 1.807) is 0 Å². The van der Waals surface area contributed by atoms with E-state index in [9.17, 15) is 15.0 Å². The Labute approximate surface area is 161 Å². The van der Waals surface area contributed by atoms with Gasteiger partial charge in [0.15, 0.2) is 0 Å². The molecule has 1 atom stereocenters. The molecular formula is C22H29NO4. The van der Waals surface area contributed by atoms with E-state index in [2.05, 4.69) is 26.1 Å². The Morgan fingerprint density at radius 3 is 2.44 bits per heavy atom. The van der Waals surface area contributed by atoms with E-state index in [-0.39, 0.29) is 24.3 Å². The molecule has 0 aromatic heterocycles. The van der Waals surface area contributed by atoms with E-state index in [0.717, 1.165) is 11.1 Å². The summed E-state index contributed by atoms with van der Waals surface area (Å²) < 4.78 is 5.20. The van der Waals surface area contributed by atoms with Crippen molar-refractivity contribution in [2.45, 2.75) is 58.8 Å². The van der Waals surface area contributed by atoms with Crippen LogP contribution in [0.2, 0.25) is 0 Å². The van der Waals surface area contributed by atoms with Gasteiger partial charge >= 0.3 is 6.09 Å². The van der Waals surface area contributed by atoms with Crippen molar-refractivity contribution in [3.05, 3.63) is 64.7 Å². The summed E-state index contributed by atoms with van der Waals surface area (Å²) in [6.07, 6.45) is -0.819. The minimum Gasteiger partial charge on any atom is -0.507 e. The number of amides is 1. The molecule has 0 bridgehead atoms. The first-order chi connectivity index (χ1) is 12.7. The van der Waals surface area contributed by atoms with E-state index in [4.69, 9.17) is 4.74 Å². The summed E-state index contributed by atoms with van der Waals surface area (Å²) in [7, 11) is 0. The Hall–Kier alpha value is -2.53. The number of ether oxygens (including phenoxy) is 1. The number of carbonyl (C=O) groups excluding carboxylic acids is 1. The summed E-state index contributed by atoms with van der Waals surface area (Å²) in [4.78, 5) is 12.0. The first kappa shape index (κ1) is 20.8. The van der Waals surface area contributed by atoms with Crippen LogP contribution in [0.1, 0.15) is 62.5 Å². The van der Waals surface area contributed by atoms with Crippen molar-refractivity contribution in [3.63, 3.8) is 0 Å². The maximum atomic E-state index is 12.0. The van der Waals surface area contributed by atoms with Gasteiger partial charge in [-0.05, 0) is 35.1 Å². The standard InChI is InChI=1S/C22H29NO4/c1-5-19(24)18-12-17(22(2,3)4)11-16(20(18)25)13-23-21(26)27-14-15-9-7-6-8-10-15/h6-12,19,24-25H,5,13-14H2,1-4H3,(H,23,26). The van der Waals surface area contributed by atoms with Crippen LogP contribution in [-0.4, -0.2) is 16.3 Å². The van der Waals surface area contributed by atoms with E-state index in [0.29, 0.717) is 17.5 Å². The number of benzene rings is 2. The maximum absolute atomic E-state index is 12.0. The second-order valence-corrected chi connectivity index (χ2v) is 7.66. The highest BCUT2D eigenvalue weighted by Crippen LogP contribution is 2.35. The van der Waals surface area contributed by atoms with Gasteiger partial charge in [-0.25, -0.2) is 4.79 Å². The average molecular weight is 371 g/mol. The van der Waals surface area contributed by atoms with Crippen molar-refractivity contribution in [1.82, 2.24) is 5.32 Å². The summed E-state index contributed by atoms with van der Waals surface area (Å²) in [5.74, 6) is 0.0145. The van der Waals surface area contributed by atoms with Crippen LogP contribution in [0, 0.1) is 0 Å². The first-order valence-electron chi connectivity index (χ1n) is 9.21. The van der Waals surface area contributed by atoms with Crippen LogP contribution in [0.4, 0.5) is 4.79 Å². The lowest BCUT2D eigenvalue weighted by Gasteiger charge is -2.24. The zero-order valence-corrected chi connectivity index (χ0v) is 16.5. The van der Waals surface area contributed by atoms with Gasteiger partial charge < -0.3 is 20.3 Å². The minimum atomic E-state index is -0.754. The molecule has 2 aromatic rings. The van der Waals surface area contributed by atoms with Gasteiger partial charge in [-0.2, -0.15) is 0 Å². The van der Waals surface area contributed by atoms with Crippen molar-refractivity contribution >= 4 is 6.09 Å². The van der Waals surface area contributed by atoms with Crippen LogP contribution in [0.3, 0.4) is 0 Å². The SMILES string of the molecule is CCC(O)c1cc(C(C)(C)C)cc(CNC(=O)OCc2ccccc2)c1O. The fourth-order valence-electron chi connectivity index (χ4n) is 2.70. The number of rotatable bonds is 6. The Balaban J connectivity index is 2.11. The van der Waals surface area contributed by atoms with Gasteiger partial charge in [0.2, 0.25) is 0 Å². The third kappa shape index (κ3) is 5.73. The molecule has 0 aliphatic carbocycles. The smallest absolute Gasteiger partial charge is 0.407 e. The Bertz CT molecular complexity index is 766. The molecule has 0 fully saturated rings. The molecule has 0 saturated heterocycles. The number of hydrogen-bond donors (Lipinski definition) is 3. The normalized spacial score (nSPS) is 12.5. The summed E-state index contributed by atoms with van der Waals surface area (Å²) in [5.41, 5.74) is 2.77. The molecule has 0 spiro atoms. The average Bonchev–Trinajstić information content (AvgIpc) is 2.64. The van der Waals surface area contributed by atoms with E-state index in [1.807, 2.05) is 49.4 Å². The van der Waals surface area contributed by atoms with Gasteiger partial charge in [0.05, 0.1) is 6.10 Å². The van der Waals surface area contributed by atoms with Gasteiger partial charge in [-0.3, -0.25) is 0 Å². The van der Waals surface area contributed by atoms with E-state index in [1.165, 1.54) is 0 Å². The van der Waals surface area contributed by atoms with Gasteiger partial charge in [0, 0.05) is 17.7 Å². The molecule has 0 radical (unpaired) electrons. The number of alkyl carbamates (subject to hydrolysis) is 1. The van der Waals surface area contributed by atoms with Crippen molar-refractivity contribution in [3.8, 4) is 5.75 Å². The van der Waals surface area contributed by atoms with Crippen molar-refractivity contribution in [1.29, 1.82) is 0 Å². The van der Waals surface area contributed by atoms with Crippen molar-refractivity contribution in [2.75, 3.05) is 0 Å². The van der Waals surface area contributed by atoms with Crippen molar-refractivity contribution < 1.29 is 19.7 Å². The summed E-state index contributed by atoms with van der Waals surface area (Å²) in [5, 5.41) is 23.5. The largest absolute Gasteiger partial charge is 0.507 e. The highest BCUT2D eigenvalue weighted by molar-refractivity contribution is 5.67. The van der Waals surface area contributed by atoms with Crippen LogP contribution in [-0.2, 0) is 23.3 Å². The molecule has 1 unspecified atom stereocenters. The van der Waals surface area contributed by atoms with Gasteiger partial charge in [0.25, 0.3) is 0 Å². The second-order valence-electron chi connectivity index (χ2n) is 7.66. The predicted octanol–water partition coefficient (Wildman–Crippen LogP) is 4.56. The highest BCUT2D eigenvalue weighted by atomic mass is 16.5.